The van der Waals surface area contributed by atoms with Crippen molar-refractivity contribution in [2.24, 2.45) is 5.92 Å². The largest absolute Gasteiger partial charge is 0.316 e. The molecule has 4 rings (SSSR count). The standard InChI is InChI=1S/C19H24N4O/c24-19(15-7-4-11-20-13-15)22-18-10-12-21-23(18)17-9-3-6-14-5-1-2-8-16(14)17/h1-2,5,8,10,12,15,17,20H,3-4,6-7,9,11,13H2,(H,22,24). The second-order valence-electron chi connectivity index (χ2n) is 6.80. The Hall–Kier alpha value is -2.14. The zero-order valence-corrected chi connectivity index (χ0v) is 13.9. The maximum atomic E-state index is 12.6. The van der Waals surface area contributed by atoms with Crippen molar-refractivity contribution in [3.8, 4) is 0 Å². The smallest absolute Gasteiger partial charge is 0.229 e. The van der Waals surface area contributed by atoms with E-state index in [0.29, 0.717) is 0 Å². The predicted octanol–water partition coefficient (Wildman–Crippen LogP) is 2.75. The van der Waals surface area contributed by atoms with Crippen LogP contribution in [0.4, 0.5) is 5.82 Å². The van der Waals surface area contributed by atoms with Crippen LogP contribution in [0, 0.1) is 5.92 Å². The maximum absolute atomic E-state index is 12.6. The molecule has 1 aromatic heterocycles. The molecule has 2 heterocycles. The normalized spacial score (nSPS) is 23.5. The molecular weight excluding hydrogens is 300 g/mol. The summed E-state index contributed by atoms with van der Waals surface area (Å²) in [5.74, 6) is 0.973. The molecular formula is C19H24N4O. The van der Waals surface area contributed by atoms with E-state index in [0.717, 1.165) is 51.0 Å². The van der Waals surface area contributed by atoms with Crippen LogP contribution in [0.1, 0.15) is 42.9 Å². The molecule has 0 saturated carbocycles. The first kappa shape index (κ1) is 15.4. The Morgan fingerprint density at radius 2 is 2.12 bits per heavy atom. The summed E-state index contributed by atoms with van der Waals surface area (Å²) in [6.45, 7) is 1.78. The van der Waals surface area contributed by atoms with E-state index < -0.39 is 0 Å². The zero-order valence-electron chi connectivity index (χ0n) is 13.9. The minimum Gasteiger partial charge on any atom is -0.316 e. The molecule has 2 unspecified atom stereocenters. The monoisotopic (exact) mass is 324 g/mol. The number of hydrogen-bond donors (Lipinski definition) is 2. The molecule has 2 atom stereocenters. The molecule has 0 radical (unpaired) electrons. The number of hydrogen-bond acceptors (Lipinski definition) is 3. The molecule has 0 bridgehead atoms. The molecule has 2 N–H and O–H groups in total. The number of benzene rings is 1. The van der Waals surface area contributed by atoms with Crippen molar-refractivity contribution in [3.05, 3.63) is 47.7 Å². The fraction of sp³-hybridized carbons (Fsp3) is 0.474. The number of fused-ring (bicyclic) bond motifs is 1. The third-order valence-electron chi connectivity index (χ3n) is 5.22. The summed E-state index contributed by atoms with van der Waals surface area (Å²) < 4.78 is 1.99. The van der Waals surface area contributed by atoms with Crippen LogP contribution in [-0.2, 0) is 11.2 Å². The van der Waals surface area contributed by atoms with Gasteiger partial charge in [0.2, 0.25) is 5.91 Å². The number of carbonyl (C=O) groups is 1. The van der Waals surface area contributed by atoms with Gasteiger partial charge < -0.3 is 10.6 Å². The van der Waals surface area contributed by atoms with Gasteiger partial charge in [0.15, 0.2) is 0 Å². The summed E-state index contributed by atoms with van der Waals surface area (Å²) in [5.41, 5.74) is 2.74. The van der Waals surface area contributed by atoms with Crippen LogP contribution < -0.4 is 10.6 Å². The van der Waals surface area contributed by atoms with Crippen molar-refractivity contribution in [1.29, 1.82) is 0 Å². The quantitative estimate of drug-likeness (QED) is 0.913. The lowest BCUT2D eigenvalue weighted by Crippen LogP contribution is -2.37. The van der Waals surface area contributed by atoms with Gasteiger partial charge in [-0.15, -0.1) is 0 Å². The van der Waals surface area contributed by atoms with Crippen molar-refractivity contribution in [2.75, 3.05) is 18.4 Å². The molecule has 24 heavy (non-hydrogen) atoms. The number of rotatable bonds is 3. The number of piperidine rings is 1. The number of nitrogens with zero attached hydrogens (tertiary/aromatic N) is 2. The highest BCUT2D eigenvalue weighted by Crippen LogP contribution is 2.34. The van der Waals surface area contributed by atoms with Gasteiger partial charge in [0.1, 0.15) is 5.82 Å². The van der Waals surface area contributed by atoms with Gasteiger partial charge in [0.25, 0.3) is 0 Å². The summed E-state index contributed by atoms with van der Waals surface area (Å²) in [4.78, 5) is 12.6. The summed E-state index contributed by atoms with van der Waals surface area (Å²) in [6, 6.07) is 10.7. The Bertz CT molecular complexity index is 718. The topological polar surface area (TPSA) is 59.0 Å². The lowest BCUT2D eigenvalue weighted by atomic mass is 9.88. The number of carbonyl (C=O) groups excluding carboxylic acids is 1. The molecule has 2 aliphatic rings. The van der Waals surface area contributed by atoms with Crippen molar-refractivity contribution in [2.45, 2.75) is 38.1 Å². The second-order valence-corrected chi connectivity index (χ2v) is 6.80. The molecule has 5 heteroatoms. The molecule has 1 aliphatic carbocycles. The number of amides is 1. The first-order valence-corrected chi connectivity index (χ1v) is 8.96. The Kier molecular flexibility index (Phi) is 4.34. The van der Waals surface area contributed by atoms with Crippen LogP contribution in [0.25, 0.3) is 0 Å². The Morgan fingerprint density at radius 3 is 3.00 bits per heavy atom. The van der Waals surface area contributed by atoms with Crippen LogP contribution >= 0.6 is 0 Å². The molecule has 0 spiro atoms. The lowest BCUT2D eigenvalue weighted by molar-refractivity contribution is -0.120. The van der Waals surface area contributed by atoms with Crippen molar-refractivity contribution < 1.29 is 4.79 Å². The van der Waals surface area contributed by atoms with E-state index >= 15 is 0 Å². The van der Waals surface area contributed by atoms with Gasteiger partial charge in [-0.2, -0.15) is 5.10 Å². The number of anilines is 1. The summed E-state index contributed by atoms with van der Waals surface area (Å²) in [5, 5.41) is 10.9. The fourth-order valence-corrected chi connectivity index (χ4v) is 3.95. The number of aromatic nitrogens is 2. The molecule has 1 aromatic carbocycles. The molecule has 126 valence electrons. The maximum Gasteiger partial charge on any atom is 0.229 e. The van der Waals surface area contributed by atoms with Gasteiger partial charge in [-0.25, -0.2) is 4.68 Å². The van der Waals surface area contributed by atoms with E-state index in [1.165, 1.54) is 11.1 Å². The lowest BCUT2D eigenvalue weighted by Gasteiger charge is -2.28. The molecule has 1 amide bonds. The van der Waals surface area contributed by atoms with Crippen molar-refractivity contribution in [3.63, 3.8) is 0 Å². The van der Waals surface area contributed by atoms with Crippen LogP contribution in [0.2, 0.25) is 0 Å². The minimum absolute atomic E-state index is 0.0562. The highest BCUT2D eigenvalue weighted by molar-refractivity contribution is 5.92. The highest BCUT2D eigenvalue weighted by Gasteiger charge is 2.26. The van der Waals surface area contributed by atoms with Crippen LogP contribution in [0.3, 0.4) is 0 Å². The summed E-state index contributed by atoms with van der Waals surface area (Å²) in [7, 11) is 0. The second kappa shape index (κ2) is 6.77. The van der Waals surface area contributed by atoms with Gasteiger partial charge in [-0.1, -0.05) is 24.3 Å². The van der Waals surface area contributed by atoms with Gasteiger partial charge >= 0.3 is 0 Å². The average molecular weight is 324 g/mol. The Morgan fingerprint density at radius 1 is 1.21 bits per heavy atom. The van der Waals surface area contributed by atoms with Gasteiger partial charge in [-0.05, 0) is 49.8 Å². The number of aryl methyl sites for hydroxylation is 1. The van der Waals surface area contributed by atoms with E-state index in [-0.39, 0.29) is 17.9 Å². The fourth-order valence-electron chi connectivity index (χ4n) is 3.95. The van der Waals surface area contributed by atoms with E-state index in [2.05, 4.69) is 40.0 Å². The van der Waals surface area contributed by atoms with E-state index in [4.69, 9.17) is 0 Å². The Labute approximate surface area is 142 Å². The molecule has 1 fully saturated rings. The van der Waals surface area contributed by atoms with Gasteiger partial charge in [0, 0.05) is 12.6 Å². The van der Waals surface area contributed by atoms with Crippen LogP contribution in [-0.4, -0.2) is 28.8 Å². The SMILES string of the molecule is O=C(Nc1ccnn1C1CCCc2ccccc21)C1CCCNC1. The first-order chi connectivity index (χ1) is 11.8. The Balaban J connectivity index is 1.56. The zero-order chi connectivity index (χ0) is 16.4. The van der Waals surface area contributed by atoms with Crippen LogP contribution in [0.15, 0.2) is 36.5 Å². The third kappa shape index (κ3) is 2.96. The summed E-state index contributed by atoms with van der Waals surface area (Å²) >= 11 is 0. The number of nitrogens with one attached hydrogen (secondary N) is 2. The molecule has 5 nitrogen and oxygen atoms in total. The first-order valence-electron chi connectivity index (χ1n) is 8.96. The molecule has 1 saturated heterocycles. The highest BCUT2D eigenvalue weighted by atomic mass is 16.2. The van der Waals surface area contributed by atoms with E-state index in [1.54, 1.807) is 6.20 Å². The average Bonchev–Trinajstić information content (AvgIpc) is 3.10. The van der Waals surface area contributed by atoms with E-state index in [9.17, 15) is 4.79 Å². The molecule has 1 aliphatic heterocycles. The van der Waals surface area contributed by atoms with Gasteiger partial charge in [0.05, 0.1) is 18.2 Å². The predicted molar refractivity (Wildman–Crippen MR) is 94.0 cm³/mol. The van der Waals surface area contributed by atoms with E-state index in [1.807, 2.05) is 10.7 Å². The van der Waals surface area contributed by atoms with Crippen molar-refractivity contribution >= 4 is 11.7 Å². The molecule has 2 aromatic rings. The minimum atomic E-state index is 0.0562. The van der Waals surface area contributed by atoms with Gasteiger partial charge in [-0.3, -0.25) is 4.79 Å². The van der Waals surface area contributed by atoms with Crippen molar-refractivity contribution in [1.82, 2.24) is 15.1 Å². The van der Waals surface area contributed by atoms with Crippen LogP contribution in [0.5, 0.6) is 0 Å². The third-order valence-corrected chi connectivity index (χ3v) is 5.22. The summed E-state index contributed by atoms with van der Waals surface area (Å²) in [6.07, 6.45) is 7.15.